The Balaban J connectivity index is 1.76. The topological polar surface area (TPSA) is 65.4 Å². The van der Waals surface area contributed by atoms with Crippen LogP contribution >= 0.6 is 15.9 Å². The van der Waals surface area contributed by atoms with Crippen molar-refractivity contribution < 1.29 is 0 Å². The first-order valence-corrected chi connectivity index (χ1v) is 8.34. The van der Waals surface area contributed by atoms with Crippen LogP contribution in [0.4, 0.5) is 5.69 Å². The number of hydrogen-bond donors (Lipinski definition) is 2. The Bertz CT molecular complexity index is 893. The molecule has 0 atom stereocenters. The first-order chi connectivity index (χ1) is 11.2. The third-order valence-corrected chi connectivity index (χ3v) is 4.58. The smallest absolute Gasteiger partial charge is 0.275 e. The summed E-state index contributed by atoms with van der Waals surface area (Å²) in [4.78, 5) is 21.9. The highest BCUT2D eigenvalue weighted by Gasteiger charge is 2.15. The van der Waals surface area contributed by atoms with Crippen LogP contribution in [-0.2, 0) is 0 Å². The van der Waals surface area contributed by atoms with Crippen molar-refractivity contribution in [2.75, 3.05) is 31.1 Å². The highest BCUT2D eigenvalue weighted by atomic mass is 79.9. The van der Waals surface area contributed by atoms with Crippen LogP contribution in [0.25, 0.3) is 17.0 Å². The number of benzene rings is 1. The molecule has 4 rings (SSSR count). The number of hydrogen-bond acceptors (Lipinski definition) is 4. The van der Waals surface area contributed by atoms with Crippen LogP contribution in [0.15, 0.2) is 45.9 Å². The number of aromatic amines is 1. The Kier molecular flexibility index (Phi) is 3.66. The van der Waals surface area contributed by atoms with E-state index in [0.717, 1.165) is 41.9 Å². The van der Waals surface area contributed by atoms with Crippen LogP contribution in [0, 0.1) is 0 Å². The number of imidazole rings is 1. The van der Waals surface area contributed by atoms with Crippen molar-refractivity contribution >= 4 is 27.4 Å². The van der Waals surface area contributed by atoms with E-state index in [9.17, 15) is 4.79 Å². The monoisotopic (exact) mass is 373 g/mol. The van der Waals surface area contributed by atoms with Crippen LogP contribution in [0.1, 0.15) is 0 Å². The summed E-state index contributed by atoms with van der Waals surface area (Å²) in [6, 6.07) is 7.96. The molecule has 6 nitrogen and oxygen atoms in total. The Hall–Kier alpha value is -2.12. The van der Waals surface area contributed by atoms with E-state index in [0.29, 0.717) is 11.5 Å². The third kappa shape index (κ3) is 2.77. The van der Waals surface area contributed by atoms with E-state index in [1.54, 1.807) is 0 Å². The first kappa shape index (κ1) is 14.5. The lowest BCUT2D eigenvalue weighted by molar-refractivity contribution is 0.586. The van der Waals surface area contributed by atoms with E-state index >= 15 is 0 Å². The number of rotatable bonds is 2. The van der Waals surface area contributed by atoms with Crippen LogP contribution in [-0.4, -0.2) is 40.5 Å². The van der Waals surface area contributed by atoms with Crippen molar-refractivity contribution in [2.45, 2.75) is 0 Å². The maximum atomic E-state index is 12.3. The van der Waals surface area contributed by atoms with Gasteiger partial charge in [0, 0.05) is 48.6 Å². The van der Waals surface area contributed by atoms with Gasteiger partial charge in [-0.05, 0) is 12.1 Å². The number of halogens is 1. The molecule has 0 aliphatic carbocycles. The largest absolute Gasteiger partial charge is 0.363 e. The molecule has 0 radical (unpaired) electrons. The molecule has 0 unspecified atom stereocenters. The quantitative estimate of drug-likeness (QED) is 0.719. The summed E-state index contributed by atoms with van der Waals surface area (Å²) < 4.78 is 2.91. The Morgan fingerprint density at radius 1 is 1.09 bits per heavy atom. The van der Waals surface area contributed by atoms with Gasteiger partial charge in [0.05, 0.1) is 5.69 Å². The summed E-state index contributed by atoms with van der Waals surface area (Å²) >= 11 is 3.43. The van der Waals surface area contributed by atoms with Crippen molar-refractivity contribution in [2.24, 2.45) is 0 Å². The molecule has 1 aromatic carbocycles. The summed E-state index contributed by atoms with van der Waals surface area (Å²) in [5.41, 5.74) is 2.46. The minimum absolute atomic E-state index is 0.0904. The summed E-state index contributed by atoms with van der Waals surface area (Å²) in [7, 11) is 0. The molecule has 0 saturated carbocycles. The van der Waals surface area contributed by atoms with Crippen molar-refractivity contribution in [1.29, 1.82) is 0 Å². The third-order valence-electron chi connectivity index (χ3n) is 4.05. The SMILES string of the molecule is O=c1[nH]c2nc(-c3ccc(Br)cc3)cn2cc1N1CCNCC1. The second kappa shape index (κ2) is 5.82. The summed E-state index contributed by atoms with van der Waals surface area (Å²) in [5.74, 6) is 0.562. The molecule has 0 spiro atoms. The lowest BCUT2D eigenvalue weighted by atomic mass is 10.2. The zero-order chi connectivity index (χ0) is 15.8. The molecule has 7 heteroatoms. The molecular formula is C16H16BrN5O. The highest BCUT2D eigenvalue weighted by molar-refractivity contribution is 9.10. The van der Waals surface area contributed by atoms with Gasteiger partial charge in [-0.15, -0.1) is 0 Å². The Labute approximate surface area is 141 Å². The van der Waals surface area contributed by atoms with E-state index in [1.165, 1.54) is 0 Å². The maximum Gasteiger partial charge on any atom is 0.275 e. The van der Waals surface area contributed by atoms with Crippen LogP contribution in [0.3, 0.4) is 0 Å². The number of nitrogens with zero attached hydrogens (tertiary/aromatic N) is 3. The second-order valence-electron chi connectivity index (χ2n) is 5.57. The summed E-state index contributed by atoms with van der Waals surface area (Å²) in [6.07, 6.45) is 3.81. The predicted octanol–water partition coefficient (Wildman–Crippen LogP) is 1.86. The fourth-order valence-corrected chi connectivity index (χ4v) is 3.10. The maximum absolute atomic E-state index is 12.3. The highest BCUT2D eigenvalue weighted by Crippen LogP contribution is 2.21. The van der Waals surface area contributed by atoms with Gasteiger partial charge in [-0.3, -0.25) is 14.2 Å². The van der Waals surface area contributed by atoms with E-state index in [4.69, 9.17) is 0 Å². The average Bonchev–Trinajstić information content (AvgIpc) is 2.98. The molecule has 0 bridgehead atoms. The van der Waals surface area contributed by atoms with Crippen LogP contribution < -0.4 is 15.8 Å². The molecule has 23 heavy (non-hydrogen) atoms. The van der Waals surface area contributed by atoms with Gasteiger partial charge in [0.25, 0.3) is 5.56 Å². The van der Waals surface area contributed by atoms with Crippen molar-refractivity contribution in [3.05, 3.63) is 51.5 Å². The number of piperazine rings is 1. The lowest BCUT2D eigenvalue weighted by Gasteiger charge is -2.28. The van der Waals surface area contributed by atoms with Gasteiger partial charge < -0.3 is 10.2 Å². The van der Waals surface area contributed by atoms with Gasteiger partial charge in [0.2, 0.25) is 5.78 Å². The minimum atomic E-state index is -0.0904. The fraction of sp³-hybridized carbons (Fsp3) is 0.250. The number of nitrogens with one attached hydrogen (secondary N) is 2. The molecule has 118 valence electrons. The van der Waals surface area contributed by atoms with E-state index in [2.05, 4.69) is 36.1 Å². The summed E-state index contributed by atoms with van der Waals surface area (Å²) in [5, 5.41) is 3.29. The van der Waals surface area contributed by atoms with Crippen molar-refractivity contribution in [1.82, 2.24) is 19.7 Å². The van der Waals surface area contributed by atoms with Crippen LogP contribution in [0.2, 0.25) is 0 Å². The zero-order valence-electron chi connectivity index (χ0n) is 12.4. The molecule has 1 fully saturated rings. The number of aromatic nitrogens is 3. The number of H-pyrrole nitrogens is 1. The van der Waals surface area contributed by atoms with Gasteiger partial charge in [-0.1, -0.05) is 28.1 Å². The molecule has 2 aromatic heterocycles. The predicted molar refractivity (Wildman–Crippen MR) is 94.0 cm³/mol. The number of anilines is 1. The molecule has 2 N–H and O–H groups in total. The van der Waals surface area contributed by atoms with Crippen LogP contribution in [0.5, 0.6) is 0 Å². The summed E-state index contributed by atoms with van der Waals surface area (Å²) in [6.45, 7) is 3.46. The number of fused-ring (bicyclic) bond motifs is 1. The standard InChI is InChI=1S/C16H16BrN5O/c17-12-3-1-11(2-4-12)13-9-22-10-14(15(23)20-16(22)19-13)21-7-5-18-6-8-21/h1-4,9-10,18H,5-8H2,(H,19,20,23). The first-order valence-electron chi connectivity index (χ1n) is 7.54. The molecule has 1 saturated heterocycles. The van der Waals surface area contributed by atoms with E-state index < -0.39 is 0 Å². The van der Waals surface area contributed by atoms with E-state index in [-0.39, 0.29) is 5.56 Å². The lowest BCUT2D eigenvalue weighted by Crippen LogP contribution is -2.45. The fourth-order valence-electron chi connectivity index (χ4n) is 2.83. The van der Waals surface area contributed by atoms with E-state index in [1.807, 2.05) is 41.1 Å². The van der Waals surface area contributed by atoms with Crippen molar-refractivity contribution in [3.63, 3.8) is 0 Å². The normalized spacial score (nSPS) is 15.3. The minimum Gasteiger partial charge on any atom is -0.363 e. The van der Waals surface area contributed by atoms with Gasteiger partial charge in [-0.25, -0.2) is 4.98 Å². The van der Waals surface area contributed by atoms with Gasteiger partial charge >= 0.3 is 0 Å². The zero-order valence-corrected chi connectivity index (χ0v) is 14.0. The molecule has 1 aliphatic rings. The molecule has 0 amide bonds. The Morgan fingerprint density at radius 2 is 1.83 bits per heavy atom. The molecular weight excluding hydrogens is 358 g/mol. The molecule has 3 aromatic rings. The van der Waals surface area contributed by atoms with Gasteiger partial charge in [0.1, 0.15) is 5.69 Å². The molecule has 1 aliphatic heterocycles. The van der Waals surface area contributed by atoms with Gasteiger partial charge in [-0.2, -0.15) is 0 Å². The van der Waals surface area contributed by atoms with Crippen molar-refractivity contribution in [3.8, 4) is 11.3 Å². The molecule has 3 heterocycles. The Morgan fingerprint density at radius 3 is 2.57 bits per heavy atom. The second-order valence-corrected chi connectivity index (χ2v) is 6.49. The average molecular weight is 374 g/mol. The van der Waals surface area contributed by atoms with Gasteiger partial charge in [0.15, 0.2) is 0 Å².